The fourth-order valence-corrected chi connectivity index (χ4v) is 4.79. The molecule has 2 aliphatic rings. The van der Waals surface area contributed by atoms with Gasteiger partial charge in [-0.25, -0.2) is 4.68 Å². The van der Waals surface area contributed by atoms with Crippen LogP contribution in [0.25, 0.3) is 0 Å². The Bertz CT molecular complexity index is 512. The summed E-state index contributed by atoms with van der Waals surface area (Å²) in [6, 6.07) is 1.30. The van der Waals surface area contributed by atoms with Gasteiger partial charge in [-0.3, -0.25) is 4.90 Å². The van der Waals surface area contributed by atoms with E-state index in [2.05, 4.69) is 17.3 Å². The molecule has 2 aliphatic carbocycles. The van der Waals surface area contributed by atoms with E-state index in [1.165, 1.54) is 64.2 Å². The summed E-state index contributed by atoms with van der Waals surface area (Å²) in [5.41, 5.74) is 0. The quantitative estimate of drug-likeness (QED) is 0.792. The molecular formula is C16H28N4S2. The molecule has 0 spiro atoms. The number of nitrogens with one attached hydrogen (secondary N) is 1. The highest BCUT2D eigenvalue weighted by Gasteiger charge is 2.19. The van der Waals surface area contributed by atoms with E-state index in [1.54, 1.807) is 11.3 Å². The van der Waals surface area contributed by atoms with Gasteiger partial charge in [0.1, 0.15) is 0 Å². The molecule has 6 heteroatoms. The minimum absolute atomic E-state index is 0.596. The molecule has 1 aromatic rings. The van der Waals surface area contributed by atoms with E-state index in [0.717, 1.165) is 15.8 Å². The minimum atomic E-state index is 0.596. The predicted molar refractivity (Wildman–Crippen MR) is 96.1 cm³/mol. The Morgan fingerprint density at radius 2 is 1.77 bits per heavy atom. The standard InChI is InChI=1S/C16H28N4S2/c1-19(14-10-6-3-7-11-14)12-20-16(21)22-15(18-20)17-13-8-4-2-5-9-13/h13-14H,2-12H2,1H3,(H,17,18). The molecule has 0 aliphatic heterocycles. The molecule has 1 N–H and O–H groups in total. The van der Waals surface area contributed by atoms with Crippen molar-refractivity contribution in [3.05, 3.63) is 3.95 Å². The van der Waals surface area contributed by atoms with Gasteiger partial charge in [-0.15, -0.1) is 5.10 Å². The van der Waals surface area contributed by atoms with Crippen LogP contribution in [0.4, 0.5) is 5.13 Å². The first-order valence-corrected chi connectivity index (χ1v) is 9.99. The topological polar surface area (TPSA) is 33.1 Å². The second kappa shape index (κ2) is 7.88. The maximum absolute atomic E-state index is 5.51. The summed E-state index contributed by atoms with van der Waals surface area (Å²) in [5, 5.41) is 9.32. The molecule has 0 saturated heterocycles. The third kappa shape index (κ3) is 4.30. The highest BCUT2D eigenvalue weighted by atomic mass is 32.1. The molecule has 2 fully saturated rings. The average Bonchev–Trinajstić information content (AvgIpc) is 2.88. The van der Waals surface area contributed by atoms with Gasteiger partial charge in [0.15, 0.2) is 3.95 Å². The van der Waals surface area contributed by atoms with Gasteiger partial charge < -0.3 is 5.32 Å². The summed E-state index contributed by atoms with van der Waals surface area (Å²) >= 11 is 7.14. The summed E-state index contributed by atoms with van der Waals surface area (Å²) in [7, 11) is 2.21. The highest BCUT2D eigenvalue weighted by Crippen LogP contribution is 2.25. The maximum atomic E-state index is 5.51. The number of hydrogen-bond donors (Lipinski definition) is 1. The van der Waals surface area contributed by atoms with Gasteiger partial charge in [0, 0.05) is 12.1 Å². The van der Waals surface area contributed by atoms with Crippen molar-refractivity contribution < 1.29 is 0 Å². The van der Waals surface area contributed by atoms with Gasteiger partial charge in [-0.1, -0.05) is 49.9 Å². The second-order valence-corrected chi connectivity index (χ2v) is 8.46. The zero-order valence-corrected chi connectivity index (χ0v) is 15.2. The first kappa shape index (κ1) is 16.4. The van der Waals surface area contributed by atoms with E-state index in [1.807, 2.05) is 4.68 Å². The molecule has 0 atom stereocenters. The average molecular weight is 341 g/mol. The van der Waals surface area contributed by atoms with Crippen LogP contribution < -0.4 is 5.32 Å². The molecule has 2 saturated carbocycles. The summed E-state index contributed by atoms with van der Waals surface area (Å²) < 4.78 is 2.89. The lowest BCUT2D eigenvalue weighted by atomic mass is 9.95. The van der Waals surface area contributed by atoms with Gasteiger partial charge in [0.2, 0.25) is 5.13 Å². The third-order valence-electron chi connectivity index (χ3n) is 5.09. The van der Waals surface area contributed by atoms with E-state index >= 15 is 0 Å². The molecule has 0 radical (unpaired) electrons. The molecule has 0 unspecified atom stereocenters. The molecule has 22 heavy (non-hydrogen) atoms. The van der Waals surface area contributed by atoms with Crippen LogP contribution in [0.1, 0.15) is 64.2 Å². The van der Waals surface area contributed by atoms with E-state index in [4.69, 9.17) is 17.3 Å². The lowest BCUT2D eigenvalue weighted by molar-refractivity contribution is 0.146. The summed E-state index contributed by atoms with van der Waals surface area (Å²) in [6.07, 6.45) is 13.4. The van der Waals surface area contributed by atoms with Crippen LogP contribution in [-0.4, -0.2) is 33.8 Å². The Morgan fingerprint density at radius 1 is 1.14 bits per heavy atom. The smallest absolute Gasteiger partial charge is 0.204 e. The summed E-state index contributed by atoms with van der Waals surface area (Å²) in [4.78, 5) is 2.43. The van der Waals surface area contributed by atoms with Crippen LogP contribution in [0.5, 0.6) is 0 Å². The third-order valence-corrected chi connectivity index (χ3v) is 6.33. The van der Waals surface area contributed by atoms with Crippen molar-refractivity contribution in [2.75, 3.05) is 12.4 Å². The minimum Gasteiger partial charge on any atom is -0.357 e. The molecule has 1 heterocycles. The van der Waals surface area contributed by atoms with Crippen LogP contribution >= 0.6 is 23.6 Å². The van der Waals surface area contributed by atoms with Crippen LogP contribution in [0.2, 0.25) is 0 Å². The summed E-state index contributed by atoms with van der Waals surface area (Å²) in [5.74, 6) is 0. The highest BCUT2D eigenvalue weighted by molar-refractivity contribution is 7.73. The number of hydrogen-bond acceptors (Lipinski definition) is 5. The number of aromatic nitrogens is 2. The van der Waals surface area contributed by atoms with Crippen LogP contribution in [0.15, 0.2) is 0 Å². The van der Waals surface area contributed by atoms with Crippen molar-refractivity contribution in [2.24, 2.45) is 0 Å². The zero-order valence-electron chi connectivity index (χ0n) is 13.6. The molecule has 0 aromatic carbocycles. The van der Waals surface area contributed by atoms with Crippen molar-refractivity contribution in [2.45, 2.75) is 83.0 Å². The largest absolute Gasteiger partial charge is 0.357 e. The zero-order chi connectivity index (χ0) is 15.4. The van der Waals surface area contributed by atoms with Gasteiger partial charge >= 0.3 is 0 Å². The first-order valence-electron chi connectivity index (χ1n) is 8.77. The number of nitrogens with zero attached hydrogens (tertiary/aromatic N) is 3. The fourth-order valence-electron chi connectivity index (χ4n) is 3.72. The van der Waals surface area contributed by atoms with Crippen molar-refractivity contribution in [1.82, 2.24) is 14.7 Å². The van der Waals surface area contributed by atoms with Crippen LogP contribution in [-0.2, 0) is 6.67 Å². The van der Waals surface area contributed by atoms with Crippen molar-refractivity contribution >= 4 is 28.7 Å². The van der Waals surface area contributed by atoms with Crippen molar-refractivity contribution in [3.8, 4) is 0 Å². The summed E-state index contributed by atoms with van der Waals surface area (Å²) in [6.45, 7) is 0.826. The van der Waals surface area contributed by atoms with E-state index in [-0.39, 0.29) is 0 Å². The predicted octanol–water partition coefficient (Wildman–Crippen LogP) is 4.64. The Labute approximate surface area is 142 Å². The number of rotatable bonds is 5. The van der Waals surface area contributed by atoms with Gasteiger partial charge in [-0.05, 0) is 44.9 Å². The Balaban J connectivity index is 1.58. The molecule has 3 rings (SSSR count). The van der Waals surface area contributed by atoms with Crippen molar-refractivity contribution in [3.63, 3.8) is 0 Å². The van der Waals surface area contributed by atoms with Crippen LogP contribution in [0, 0.1) is 3.95 Å². The van der Waals surface area contributed by atoms with Crippen LogP contribution in [0.3, 0.4) is 0 Å². The van der Waals surface area contributed by atoms with E-state index in [9.17, 15) is 0 Å². The molecule has 0 bridgehead atoms. The Kier molecular flexibility index (Phi) is 5.88. The van der Waals surface area contributed by atoms with E-state index in [0.29, 0.717) is 12.1 Å². The Morgan fingerprint density at radius 3 is 2.45 bits per heavy atom. The first-order chi connectivity index (χ1) is 10.7. The van der Waals surface area contributed by atoms with E-state index < -0.39 is 0 Å². The fraction of sp³-hybridized carbons (Fsp3) is 0.875. The normalized spacial score (nSPS) is 21.4. The lowest BCUT2D eigenvalue weighted by Crippen LogP contribution is -2.35. The van der Waals surface area contributed by atoms with Gasteiger partial charge in [0.05, 0.1) is 6.67 Å². The monoisotopic (exact) mass is 340 g/mol. The number of anilines is 1. The molecule has 0 amide bonds. The SMILES string of the molecule is CN(Cn1nc(NC2CCCCC2)sc1=S)C1CCCCC1. The second-order valence-electron chi connectivity index (χ2n) is 6.84. The lowest BCUT2D eigenvalue weighted by Gasteiger charge is -2.30. The molecule has 124 valence electrons. The maximum Gasteiger partial charge on any atom is 0.204 e. The van der Waals surface area contributed by atoms with Crippen molar-refractivity contribution in [1.29, 1.82) is 0 Å². The van der Waals surface area contributed by atoms with Gasteiger partial charge in [-0.2, -0.15) is 0 Å². The molecule has 4 nitrogen and oxygen atoms in total. The molecular weight excluding hydrogens is 312 g/mol. The molecule has 1 aromatic heterocycles. The Hall–Kier alpha value is -0.460. The van der Waals surface area contributed by atoms with Gasteiger partial charge in [0.25, 0.3) is 0 Å².